The van der Waals surface area contributed by atoms with Crippen molar-refractivity contribution in [1.29, 1.82) is 0 Å². The highest BCUT2D eigenvalue weighted by atomic mass is 35.5. The molecule has 0 atom stereocenters. The summed E-state index contributed by atoms with van der Waals surface area (Å²) in [6.45, 7) is 12.4. The molecule has 0 saturated carbocycles. The molecule has 0 bridgehead atoms. The number of halogens is 1. The van der Waals surface area contributed by atoms with Gasteiger partial charge in [0, 0.05) is 56.2 Å². The van der Waals surface area contributed by atoms with Gasteiger partial charge >= 0.3 is 6.03 Å². The van der Waals surface area contributed by atoms with Crippen molar-refractivity contribution in [3.05, 3.63) is 53.3 Å². The normalized spacial score (nSPS) is 20.4. The van der Waals surface area contributed by atoms with Gasteiger partial charge in [0.15, 0.2) is 5.82 Å². The summed E-state index contributed by atoms with van der Waals surface area (Å²) >= 11 is 6.70. The third kappa shape index (κ3) is 5.20. The number of carbonyl (C=O) groups is 1. The SMILES string of the molecule is C=C(C)Nc1ccn(C(=O)N2CCC3(CCCN3Cc3ccc(N4CCOCC4)c(Cl)c3)CC2)n1. The molecular formula is C26H35ClN6O2. The topological polar surface area (TPSA) is 65.9 Å². The summed E-state index contributed by atoms with van der Waals surface area (Å²) in [5, 5.41) is 8.23. The van der Waals surface area contributed by atoms with Gasteiger partial charge in [-0.1, -0.05) is 24.2 Å². The van der Waals surface area contributed by atoms with E-state index in [1.54, 1.807) is 12.3 Å². The number of hydrogen-bond donors (Lipinski definition) is 1. The number of aromatic nitrogens is 2. The van der Waals surface area contributed by atoms with Crippen molar-refractivity contribution in [2.45, 2.75) is 44.7 Å². The molecule has 1 aromatic heterocycles. The molecule has 4 heterocycles. The highest BCUT2D eigenvalue weighted by Gasteiger charge is 2.43. The number of nitrogens with zero attached hydrogens (tertiary/aromatic N) is 5. The standard InChI is InChI=1S/C26H35ClN6O2/c1-20(2)28-24-6-11-33(29-24)25(34)31-12-8-26(9-13-31)7-3-10-32(26)19-21-4-5-23(22(27)18-21)30-14-16-35-17-15-30/h4-6,11,18H,1,3,7-10,12-17,19H2,2H3,(H,28,29). The number of piperidine rings is 1. The van der Waals surface area contributed by atoms with Crippen molar-refractivity contribution >= 4 is 29.1 Å². The summed E-state index contributed by atoms with van der Waals surface area (Å²) in [5.74, 6) is 0.639. The number of likely N-dealkylation sites (tertiary alicyclic amines) is 2. The Bertz CT molecular complexity index is 1070. The molecule has 35 heavy (non-hydrogen) atoms. The van der Waals surface area contributed by atoms with Gasteiger partial charge in [-0.2, -0.15) is 4.68 Å². The molecule has 3 saturated heterocycles. The Hall–Kier alpha value is -2.55. The summed E-state index contributed by atoms with van der Waals surface area (Å²) in [4.78, 5) is 19.9. The van der Waals surface area contributed by atoms with E-state index in [-0.39, 0.29) is 11.6 Å². The van der Waals surface area contributed by atoms with Crippen LogP contribution in [-0.4, -0.2) is 77.1 Å². The largest absolute Gasteiger partial charge is 0.378 e. The number of morpholine rings is 1. The van der Waals surface area contributed by atoms with Crippen LogP contribution in [0.1, 0.15) is 38.2 Å². The molecule has 188 valence electrons. The molecule has 2 aromatic rings. The first-order chi connectivity index (χ1) is 16.9. The van der Waals surface area contributed by atoms with Gasteiger partial charge in [0.05, 0.1) is 23.9 Å². The molecule has 9 heteroatoms. The average Bonchev–Trinajstić information content (AvgIpc) is 3.47. The zero-order valence-corrected chi connectivity index (χ0v) is 21.3. The number of nitrogens with one attached hydrogen (secondary N) is 1. The monoisotopic (exact) mass is 498 g/mol. The van der Waals surface area contributed by atoms with Crippen LogP contribution in [0.15, 0.2) is 42.7 Å². The maximum atomic E-state index is 13.0. The molecule has 3 aliphatic rings. The van der Waals surface area contributed by atoms with E-state index < -0.39 is 0 Å². The molecular weight excluding hydrogens is 464 g/mol. The quantitative estimate of drug-likeness (QED) is 0.658. The Morgan fingerprint density at radius 3 is 2.63 bits per heavy atom. The van der Waals surface area contributed by atoms with E-state index in [2.05, 4.69) is 45.0 Å². The second kappa shape index (κ2) is 10.2. The molecule has 1 N–H and O–H groups in total. The van der Waals surface area contributed by atoms with Crippen molar-refractivity contribution < 1.29 is 9.53 Å². The van der Waals surface area contributed by atoms with E-state index in [0.29, 0.717) is 5.82 Å². The minimum absolute atomic E-state index is 0.0651. The first-order valence-corrected chi connectivity index (χ1v) is 12.9. The molecule has 1 aromatic carbocycles. The second-order valence-corrected chi connectivity index (χ2v) is 10.4. The van der Waals surface area contributed by atoms with Gasteiger partial charge in [0.1, 0.15) is 0 Å². The van der Waals surface area contributed by atoms with E-state index in [1.165, 1.54) is 23.1 Å². The Labute approximate surface area is 212 Å². The van der Waals surface area contributed by atoms with Crippen LogP contribution in [0.4, 0.5) is 16.3 Å². The van der Waals surface area contributed by atoms with Crippen molar-refractivity contribution in [2.75, 3.05) is 56.2 Å². The van der Waals surface area contributed by atoms with Gasteiger partial charge in [0.25, 0.3) is 0 Å². The first-order valence-electron chi connectivity index (χ1n) is 12.6. The van der Waals surface area contributed by atoms with Crippen LogP contribution in [0.25, 0.3) is 0 Å². The summed E-state index contributed by atoms with van der Waals surface area (Å²) in [7, 11) is 0. The molecule has 0 unspecified atom stereocenters. The van der Waals surface area contributed by atoms with Gasteiger partial charge in [-0.15, -0.1) is 5.10 Å². The number of hydrogen-bond acceptors (Lipinski definition) is 6. The number of benzene rings is 1. The summed E-state index contributed by atoms with van der Waals surface area (Å²) < 4.78 is 6.90. The van der Waals surface area contributed by atoms with Crippen LogP contribution >= 0.6 is 11.6 Å². The molecule has 3 fully saturated rings. The molecule has 3 aliphatic heterocycles. The van der Waals surface area contributed by atoms with Crippen molar-refractivity contribution in [2.24, 2.45) is 0 Å². The highest BCUT2D eigenvalue weighted by Crippen LogP contribution is 2.40. The van der Waals surface area contributed by atoms with Crippen molar-refractivity contribution in [3.63, 3.8) is 0 Å². The van der Waals surface area contributed by atoms with Gasteiger partial charge in [-0.25, -0.2) is 4.79 Å². The summed E-state index contributed by atoms with van der Waals surface area (Å²) in [6.07, 6.45) is 6.06. The van der Waals surface area contributed by atoms with Gasteiger partial charge in [-0.3, -0.25) is 4.90 Å². The lowest BCUT2D eigenvalue weighted by molar-refractivity contribution is 0.0585. The van der Waals surface area contributed by atoms with Crippen LogP contribution < -0.4 is 10.2 Å². The van der Waals surface area contributed by atoms with Gasteiger partial charge in [0.2, 0.25) is 0 Å². The number of ether oxygens (including phenoxy) is 1. The lowest BCUT2D eigenvalue weighted by atomic mass is 9.85. The van der Waals surface area contributed by atoms with Crippen LogP contribution in [-0.2, 0) is 11.3 Å². The third-order valence-corrected chi connectivity index (χ3v) is 7.87. The van der Waals surface area contributed by atoms with Gasteiger partial charge in [-0.05, 0) is 56.8 Å². The number of rotatable bonds is 5. The maximum absolute atomic E-state index is 13.0. The van der Waals surface area contributed by atoms with Crippen LogP contribution in [0.3, 0.4) is 0 Å². The van der Waals surface area contributed by atoms with E-state index in [9.17, 15) is 4.79 Å². The van der Waals surface area contributed by atoms with E-state index >= 15 is 0 Å². The summed E-state index contributed by atoms with van der Waals surface area (Å²) in [5.41, 5.74) is 3.30. The molecule has 1 amide bonds. The predicted octanol–water partition coefficient (Wildman–Crippen LogP) is 4.42. The number of amides is 1. The van der Waals surface area contributed by atoms with Crippen LogP contribution in [0.5, 0.6) is 0 Å². The first kappa shape index (κ1) is 24.2. The summed E-state index contributed by atoms with van der Waals surface area (Å²) in [6, 6.07) is 8.24. The molecule has 0 aliphatic carbocycles. The van der Waals surface area contributed by atoms with E-state index in [1.807, 2.05) is 11.8 Å². The second-order valence-electron chi connectivity index (χ2n) is 9.96. The fourth-order valence-corrected chi connectivity index (χ4v) is 6.03. The van der Waals surface area contributed by atoms with E-state index in [0.717, 1.165) is 81.7 Å². The fourth-order valence-electron chi connectivity index (χ4n) is 5.71. The van der Waals surface area contributed by atoms with E-state index in [4.69, 9.17) is 16.3 Å². The van der Waals surface area contributed by atoms with Crippen LogP contribution in [0.2, 0.25) is 5.02 Å². The average molecular weight is 499 g/mol. The third-order valence-electron chi connectivity index (χ3n) is 7.57. The Morgan fingerprint density at radius 2 is 1.91 bits per heavy atom. The fraction of sp³-hybridized carbons (Fsp3) is 0.538. The predicted molar refractivity (Wildman–Crippen MR) is 139 cm³/mol. The zero-order valence-electron chi connectivity index (χ0n) is 20.5. The van der Waals surface area contributed by atoms with Crippen molar-refractivity contribution in [1.82, 2.24) is 19.6 Å². The minimum Gasteiger partial charge on any atom is -0.378 e. The lowest BCUT2D eigenvalue weighted by Crippen LogP contribution is -2.53. The number of carbonyl (C=O) groups excluding carboxylic acids is 1. The maximum Gasteiger partial charge on any atom is 0.344 e. The van der Waals surface area contributed by atoms with Crippen LogP contribution in [0, 0.1) is 0 Å². The number of allylic oxidation sites excluding steroid dienone is 1. The lowest BCUT2D eigenvalue weighted by Gasteiger charge is -2.45. The smallest absolute Gasteiger partial charge is 0.344 e. The molecule has 8 nitrogen and oxygen atoms in total. The zero-order chi connectivity index (χ0) is 24.4. The Kier molecular flexibility index (Phi) is 7.05. The van der Waals surface area contributed by atoms with Crippen molar-refractivity contribution in [3.8, 4) is 0 Å². The number of anilines is 2. The van der Waals surface area contributed by atoms with Gasteiger partial charge < -0.3 is 19.9 Å². The molecule has 5 rings (SSSR count). The molecule has 1 spiro atoms. The Balaban J connectivity index is 1.21. The molecule has 0 radical (unpaired) electrons. The minimum atomic E-state index is -0.0651. The highest BCUT2D eigenvalue weighted by molar-refractivity contribution is 6.33. The Morgan fingerprint density at radius 1 is 1.14 bits per heavy atom.